The van der Waals surface area contributed by atoms with E-state index in [9.17, 15) is 9.90 Å². The first-order valence-electron chi connectivity index (χ1n) is 6.34. The van der Waals surface area contributed by atoms with Crippen LogP contribution >= 0.6 is 15.9 Å². The molecule has 0 amide bonds. The fourth-order valence-corrected chi connectivity index (χ4v) is 2.28. The highest BCUT2D eigenvalue weighted by molar-refractivity contribution is 9.10. The minimum atomic E-state index is -0.177. The van der Waals surface area contributed by atoms with Crippen molar-refractivity contribution < 1.29 is 14.6 Å². The van der Waals surface area contributed by atoms with Crippen molar-refractivity contribution in [3.63, 3.8) is 0 Å². The van der Waals surface area contributed by atoms with Crippen molar-refractivity contribution in [1.29, 1.82) is 5.26 Å². The Morgan fingerprint density at radius 1 is 1.32 bits per heavy atom. The number of carbonyl (C=O) groups excluding carboxylic acids is 1. The number of nitrogens with zero attached hydrogens (tertiary/aromatic N) is 1. The van der Waals surface area contributed by atoms with Gasteiger partial charge in [-0.15, -0.1) is 0 Å². The molecule has 0 saturated heterocycles. The van der Waals surface area contributed by atoms with Gasteiger partial charge >= 0.3 is 0 Å². The molecule has 0 bridgehead atoms. The van der Waals surface area contributed by atoms with E-state index in [2.05, 4.69) is 15.9 Å². The van der Waals surface area contributed by atoms with Crippen molar-refractivity contribution in [3.05, 3.63) is 63.6 Å². The van der Waals surface area contributed by atoms with E-state index >= 15 is 0 Å². The third-order valence-corrected chi connectivity index (χ3v) is 3.70. The maximum absolute atomic E-state index is 12.1. The van der Waals surface area contributed by atoms with Gasteiger partial charge in [0.05, 0.1) is 18.7 Å². The van der Waals surface area contributed by atoms with Gasteiger partial charge in [-0.05, 0) is 54.1 Å². The zero-order valence-corrected chi connectivity index (χ0v) is 13.3. The second-order valence-electron chi connectivity index (χ2n) is 4.43. The summed E-state index contributed by atoms with van der Waals surface area (Å²) in [6.07, 6.45) is 3.06. The molecule has 0 spiro atoms. The number of hydrogen-bond donors (Lipinski definition) is 1. The summed E-state index contributed by atoms with van der Waals surface area (Å²) >= 11 is 3.32. The van der Waals surface area contributed by atoms with Gasteiger partial charge in [-0.3, -0.25) is 4.79 Å². The molecule has 4 nitrogen and oxygen atoms in total. The highest BCUT2D eigenvalue weighted by Crippen LogP contribution is 2.33. The van der Waals surface area contributed by atoms with Gasteiger partial charge in [0.2, 0.25) is 0 Å². The predicted octanol–water partition coefficient (Wildman–Crippen LogP) is 3.93. The van der Waals surface area contributed by atoms with Crippen LogP contribution in [0.1, 0.15) is 21.5 Å². The first-order chi connectivity index (χ1) is 10.5. The second kappa shape index (κ2) is 6.92. The Kier molecular flexibility index (Phi) is 4.97. The molecule has 0 saturated carbocycles. The number of methoxy groups -OCH3 is 1. The summed E-state index contributed by atoms with van der Waals surface area (Å²) in [4.78, 5) is 12.1. The standard InChI is InChI=1S/C17H12BrNO3/c1-22-17-8-13(14(18)9-16(17)21)6-7-15(20)12-4-2-11(10-19)3-5-12/h2-9,21H,1H3. The molecular weight excluding hydrogens is 346 g/mol. The van der Waals surface area contributed by atoms with Crippen LogP contribution in [0.3, 0.4) is 0 Å². The van der Waals surface area contributed by atoms with E-state index in [0.29, 0.717) is 26.9 Å². The Morgan fingerprint density at radius 3 is 2.59 bits per heavy atom. The predicted molar refractivity (Wildman–Crippen MR) is 86.9 cm³/mol. The number of carbonyl (C=O) groups is 1. The lowest BCUT2D eigenvalue weighted by molar-refractivity contribution is 0.104. The molecule has 0 atom stereocenters. The van der Waals surface area contributed by atoms with E-state index in [1.165, 1.54) is 19.3 Å². The van der Waals surface area contributed by atoms with Crippen LogP contribution in [-0.2, 0) is 0 Å². The number of nitriles is 1. The third-order valence-electron chi connectivity index (χ3n) is 3.01. The average Bonchev–Trinajstić information content (AvgIpc) is 2.54. The van der Waals surface area contributed by atoms with Gasteiger partial charge in [0.25, 0.3) is 0 Å². The molecule has 0 aliphatic carbocycles. The highest BCUT2D eigenvalue weighted by atomic mass is 79.9. The van der Waals surface area contributed by atoms with Crippen LogP contribution in [0.5, 0.6) is 11.5 Å². The Labute approximate surface area is 136 Å². The summed E-state index contributed by atoms with van der Waals surface area (Å²) in [5.41, 5.74) is 1.71. The van der Waals surface area contributed by atoms with Crippen LogP contribution in [0, 0.1) is 11.3 Å². The number of phenols is 1. The summed E-state index contributed by atoms with van der Waals surface area (Å²) in [5.74, 6) is 0.169. The van der Waals surface area contributed by atoms with Crippen LogP contribution in [0.15, 0.2) is 46.9 Å². The summed E-state index contributed by atoms with van der Waals surface area (Å²) in [5, 5.41) is 18.4. The molecule has 0 unspecified atom stereocenters. The van der Waals surface area contributed by atoms with Gasteiger partial charge in [-0.1, -0.05) is 15.9 Å². The summed E-state index contributed by atoms with van der Waals surface area (Å²) in [6, 6.07) is 11.5. The van der Waals surface area contributed by atoms with Crippen LogP contribution < -0.4 is 4.74 Å². The van der Waals surface area contributed by atoms with Crippen molar-refractivity contribution in [2.75, 3.05) is 7.11 Å². The fourth-order valence-electron chi connectivity index (χ4n) is 1.82. The van der Waals surface area contributed by atoms with Crippen LogP contribution in [-0.4, -0.2) is 18.0 Å². The average molecular weight is 358 g/mol. The smallest absolute Gasteiger partial charge is 0.185 e. The maximum atomic E-state index is 12.1. The number of ether oxygens (including phenoxy) is 1. The zero-order chi connectivity index (χ0) is 16.1. The normalized spacial score (nSPS) is 10.4. The number of phenolic OH excluding ortho intramolecular Hbond substituents is 1. The zero-order valence-electron chi connectivity index (χ0n) is 11.7. The lowest BCUT2D eigenvalue weighted by atomic mass is 10.1. The Balaban J connectivity index is 2.24. The molecule has 0 heterocycles. The van der Waals surface area contributed by atoms with E-state index in [4.69, 9.17) is 10.00 Å². The minimum absolute atomic E-state index is 0.0185. The van der Waals surface area contributed by atoms with Crippen molar-refractivity contribution >= 4 is 27.8 Å². The second-order valence-corrected chi connectivity index (χ2v) is 5.29. The summed E-state index contributed by atoms with van der Waals surface area (Å²) in [7, 11) is 1.46. The molecule has 5 heteroatoms. The monoisotopic (exact) mass is 357 g/mol. The molecule has 2 aromatic carbocycles. The van der Waals surface area contributed by atoms with E-state index in [0.717, 1.165) is 0 Å². The third kappa shape index (κ3) is 3.54. The minimum Gasteiger partial charge on any atom is -0.504 e. The molecule has 0 aliphatic heterocycles. The largest absolute Gasteiger partial charge is 0.504 e. The van der Waals surface area contributed by atoms with Gasteiger partial charge in [-0.25, -0.2) is 0 Å². The van der Waals surface area contributed by atoms with Gasteiger partial charge in [0.15, 0.2) is 17.3 Å². The summed E-state index contributed by atoms with van der Waals surface area (Å²) in [6.45, 7) is 0. The Morgan fingerprint density at radius 2 is 2.00 bits per heavy atom. The van der Waals surface area contributed by atoms with E-state index in [1.54, 1.807) is 36.4 Å². The molecule has 110 valence electrons. The molecule has 2 rings (SSSR count). The highest BCUT2D eigenvalue weighted by Gasteiger charge is 2.07. The topological polar surface area (TPSA) is 70.3 Å². The summed E-state index contributed by atoms with van der Waals surface area (Å²) < 4.78 is 5.69. The van der Waals surface area contributed by atoms with Gasteiger partial charge in [-0.2, -0.15) is 5.26 Å². The van der Waals surface area contributed by atoms with Gasteiger partial charge in [0, 0.05) is 10.0 Å². The first kappa shape index (κ1) is 15.8. The van der Waals surface area contributed by atoms with E-state index in [-0.39, 0.29) is 11.5 Å². The fraction of sp³-hybridized carbons (Fsp3) is 0.0588. The van der Waals surface area contributed by atoms with Crippen LogP contribution in [0.2, 0.25) is 0 Å². The van der Waals surface area contributed by atoms with E-state index in [1.807, 2.05) is 6.07 Å². The van der Waals surface area contributed by atoms with Crippen LogP contribution in [0.25, 0.3) is 6.08 Å². The maximum Gasteiger partial charge on any atom is 0.185 e. The molecule has 2 aromatic rings. The van der Waals surface area contributed by atoms with Gasteiger partial charge in [0.1, 0.15) is 0 Å². The Bertz CT molecular complexity index is 774. The van der Waals surface area contributed by atoms with Crippen molar-refractivity contribution in [2.24, 2.45) is 0 Å². The first-order valence-corrected chi connectivity index (χ1v) is 7.13. The molecule has 0 aliphatic rings. The number of allylic oxidation sites excluding steroid dienone is 1. The van der Waals surface area contributed by atoms with Crippen molar-refractivity contribution in [1.82, 2.24) is 0 Å². The molecule has 1 N–H and O–H groups in total. The van der Waals surface area contributed by atoms with Crippen molar-refractivity contribution in [3.8, 4) is 17.6 Å². The molecular formula is C17H12BrNO3. The number of benzene rings is 2. The number of hydrogen-bond acceptors (Lipinski definition) is 4. The number of halogens is 1. The Hall–Kier alpha value is -2.58. The van der Waals surface area contributed by atoms with Crippen LogP contribution in [0.4, 0.5) is 0 Å². The molecule has 22 heavy (non-hydrogen) atoms. The molecule has 0 radical (unpaired) electrons. The lowest BCUT2D eigenvalue weighted by Crippen LogP contribution is -1.94. The number of aromatic hydroxyl groups is 1. The lowest BCUT2D eigenvalue weighted by Gasteiger charge is -2.06. The SMILES string of the molecule is COc1cc(C=CC(=O)c2ccc(C#N)cc2)c(Br)cc1O. The van der Waals surface area contributed by atoms with Crippen molar-refractivity contribution in [2.45, 2.75) is 0 Å². The molecule has 0 aromatic heterocycles. The number of ketones is 1. The number of rotatable bonds is 4. The molecule has 0 fully saturated rings. The quantitative estimate of drug-likeness (QED) is 0.664. The van der Waals surface area contributed by atoms with E-state index < -0.39 is 0 Å². The van der Waals surface area contributed by atoms with Gasteiger partial charge < -0.3 is 9.84 Å².